The Labute approximate surface area is 126 Å². The van der Waals surface area contributed by atoms with Crippen molar-refractivity contribution in [1.82, 2.24) is 5.32 Å². The van der Waals surface area contributed by atoms with E-state index in [-0.39, 0.29) is 6.04 Å². The molecular formula is C17H22ClNO. The van der Waals surface area contributed by atoms with Gasteiger partial charge in [0.25, 0.3) is 0 Å². The number of hydrogen-bond acceptors (Lipinski definition) is 2. The van der Waals surface area contributed by atoms with E-state index in [1.807, 2.05) is 6.07 Å². The first-order chi connectivity index (χ1) is 9.54. The summed E-state index contributed by atoms with van der Waals surface area (Å²) in [5.41, 5.74) is 6.17. The van der Waals surface area contributed by atoms with Gasteiger partial charge in [0.15, 0.2) is 5.22 Å². The Balaban J connectivity index is 2.46. The van der Waals surface area contributed by atoms with Gasteiger partial charge in [-0.1, -0.05) is 19.1 Å². The van der Waals surface area contributed by atoms with Gasteiger partial charge in [0.2, 0.25) is 0 Å². The fourth-order valence-corrected chi connectivity index (χ4v) is 2.70. The Morgan fingerprint density at radius 3 is 2.40 bits per heavy atom. The van der Waals surface area contributed by atoms with Gasteiger partial charge in [-0.05, 0) is 73.7 Å². The van der Waals surface area contributed by atoms with Crippen LogP contribution in [0.4, 0.5) is 0 Å². The summed E-state index contributed by atoms with van der Waals surface area (Å²) in [6.45, 7) is 9.54. The molecule has 1 heterocycles. The number of aryl methyl sites for hydroxylation is 3. The van der Waals surface area contributed by atoms with Crippen LogP contribution in [-0.4, -0.2) is 6.54 Å². The van der Waals surface area contributed by atoms with E-state index >= 15 is 0 Å². The molecule has 0 saturated heterocycles. The third-order valence-electron chi connectivity index (χ3n) is 3.75. The van der Waals surface area contributed by atoms with Gasteiger partial charge in [-0.15, -0.1) is 0 Å². The maximum absolute atomic E-state index is 6.18. The summed E-state index contributed by atoms with van der Waals surface area (Å²) in [5.74, 6) is 0. The van der Waals surface area contributed by atoms with Crippen LogP contribution in [0, 0.1) is 20.8 Å². The average molecular weight is 292 g/mol. The second kappa shape index (κ2) is 6.47. The van der Waals surface area contributed by atoms with Crippen molar-refractivity contribution in [2.75, 3.05) is 6.54 Å². The number of furan rings is 1. The van der Waals surface area contributed by atoms with Gasteiger partial charge in [-0.3, -0.25) is 0 Å². The maximum atomic E-state index is 6.18. The second-order valence-corrected chi connectivity index (χ2v) is 5.67. The lowest BCUT2D eigenvalue weighted by atomic mass is 9.92. The highest BCUT2D eigenvalue weighted by Gasteiger charge is 2.20. The monoisotopic (exact) mass is 291 g/mol. The molecule has 0 radical (unpaired) electrons. The summed E-state index contributed by atoms with van der Waals surface area (Å²) in [7, 11) is 0. The maximum Gasteiger partial charge on any atom is 0.198 e. The summed E-state index contributed by atoms with van der Waals surface area (Å²) in [6, 6.07) is 6.52. The number of hydrogen-bond donors (Lipinski definition) is 1. The predicted octanol–water partition coefficient (Wildman–Crippen LogP) is 4.95. The molecule has 0 saturated carbocycles. The fraction of sp³-hybridized carbons (Fsp3) is 0.412. The predicted molar refractivity (Wildman–Crippen MR) is 84.5 cm³/mol. The molecule has 0 bridgehead atoms. The quantitative estimate of drug-likeness (QED) is 0.843. The Kier molecular flexibility index (Phi) is 4.90. The van der Waals surface area contributed by atoms with E-state index in [9.17, 15) is 0 Å². The van der Waals surface area contributed by atoms with E-state index in [1.54, 1.807) is 6.26 Å². The van der Waals surface area contributed by atoms with E-state index in [2.05, 4.69) is 45.1 Å². The zero-order valence-electron chi connectivity index (χ0n) is 12.6. The molecule has 1 N–H and O–H groups in total. The minimum absolute atomic E-state index is 0.0838. The Morgan fingerprint density at radius 2 is 1.80 bits per heavy atom. The zero-order valence-corrected chi connectivity index (χ0v) is 13.3. The number of rotatable bonds is 5. The third kappa shape index (κ3) is 3.08. The van der Waals surface area contributed by atoms with Crippen LogP contribution in [0.25, 0.3) is 0 Å². The molecule has 20 heavy (non-hydrogen) atoms. The Hall–Kier alpha value is -1.25. The minimum Gasteiger partial charge on any atom is -0.453 e. The fourth-order valence-electron chi connectivity index (χ4n) is 2.48. The zero-order chi connectivity index (χ0) is 14.7. The van der Waals surface area contributed by atoms with Crippen LogP contribution in [0.5, 0.6) is 0 Å². The molecule has 0 amide bonds. The molecule has 108 valence electrons. The Morgan fingerprint density at radius 1 is 1.10 bits per heavy atom. The molecule has 2 aromatic rings. The molecule has 3 heteroatoms. The highest BCUT2D eigenvalue weighted by molar-refractivity contribution is 6.29. The topological polar surface area (TPSA) is 25.2 Å². The highest BCUT2D eigenvalue weighted by atomic mass is 35.5. The highest BCUT2D eigenvalue weighted by Crippen LogP contribution is 2.32. The van der Waals surface area contributed by atoms with Gasteiger partial charge in [0.1, 0.15) is 0 Å². The standard InChI is InChI=1S/C17H22ClNO/c1-5-7-19-16(14-6-8-20-17(14)18)15-10-12(3)11(2)9-13(15)4/h6,8-10,16,19H,5,7H2,1-4H3. The van der Waals surface area contributed by atoms with Gasteiger partial charge in [0, 0.05) is 5.56 Å². The third-order valence-corrected chi connectivity index (χ3v) is 4.06. The van der Waals surface area contributed by atoms with Crippen LogP contribution in [0.15, 0.2) is 28.9 Å². The van der Waals surface area contributed by atoms with E-state index in [4.69, 9.17) is 16.0 Å². The molecule has 2 rings (SSSR count). The Bertz CT molecular complexity index is 589. The van der Waals surface area contributed by atoms with E-state index in [0.717, 1.165) is 18.5 Å². The minimum atomic E-state index is 0.0838. The van der Waals surface area contributed by atoms with E-state index in [0.29, 0.717) is 5.22 Å². The van der Waals surface area contributed by atoms with Gasteiger partial charge < -0.3 is 9.73 Å². The lowest BCUT2D eigenvalue weighted by Crippen LogP contribution is -2.24. The SMILES string of the molecule is CCCNC(c1cc(C)c(C)cc1C)c1ccoc1Cl. The van der Waals surface area contributed by atoms with Crippen LogP contribution in [0.1, 0.15) is 47.2 Å². The molecule has 1 atom stereocenters. The van der Waals surface area contributed by atoms with Gasteiger partial charge in [-0.25, -0.2) is 0 Å². The smallest absolute Gasteiger partial charge is 0.198 e. The van der Waals surface area contributed by atoms with E-state index < -0.39 is 0 Å². The summed E-state index contributed by atoms with van der Waals surface area (Å²) < 4.78 is 5.27. The summed E-state index contributed by atoms with van der Waals surface area (Å²) in [4.78, 5) is 0. The molecule has 1 unspecified atom stereocenters. The molecule has 0 aliphatic rings. The number of benzene rings is 1. The first-order valence-electron chi connectivity index (χ1n) is 7.08. The first-order valence-corrected chi connectivity index (χ1v) is 7.46. The van der Waals surface area contributed by atoms with Crippen molar-refractivity contribution in [2.45, 2.75) is 40.2 Å². The van der Waals surface area contributed by atoms with Crippen molar-refractivity contribution >= 4 is 11.6 Å². The number of halogens is 1. The molecule has 1 aromatic carbocycles. The number of nitrogens with one attached hydrogen (secondary N) is 1. The van der Waals surface area contributed by atoms with Crippen molar-refractivity contribution < 1.29 is 4.42 Å². The lowest BCUT2D eigenvalue weighted by molar-refractivity contribution is 0.549. The summed E-state index contributed by atoms with van der Waals surface area (Å²) in [5, 5.41) is 4.04. The first kappa shape index (κ1) is 15.1. The van der Waals surface area contributed by atoms with Gasteiger partial charge >= 0.3 is 0 Å². The molecule has 2 nitrogen and oxygen atoms in total. The molecule has 0 aliphatic heterocycles. The lowest BCUT2D eigenvalue weighted by Gasteiger charge is -2.21. The molecular weight excluding hydrogens is 270 g/mol. The van der Waals surface area contributed by atoms with Gasteiger partial charge in [-0.2, -0.15) is 0 Å². The van der Waals surface area contributed by atoms with Crippen LogP contribution in [0.2, 0.25) is 5.22 Å². The van der Waals surface area contributed by atoms with Crippen molar-refractivity contribution in [3.8, 4) is 0 Å². The van der Waals surface area contributed by atoms with Crippen molar-refractivity contribution in [2.24, 2.45) is 0 Å². The van der Waals surface area contributed by atoms with Crippen LogP contribution in [-0.2, 0) is 0 Å². The van der Waals surface area contributed by atoms with Crippen molar-refractivity contribution in [3.05, 3.63) is 57.5 Å². The van der Waals surface area contributed by atoms with Crippen molar-refractivity contribution in [3.63, 3.8) is 0 Å². The van der Waals surface area contributed by atoms with Gasteiger partial charge in [0.05, 0.1) is 12.3 Å². The van der Waals surface area contributed by atoms with Crippen LogP contribution >= 0.6 is 11.6 Å². The molecule has 0 fully saturated rings. The normalized spacial score (nSPS) is 12.7. The summed E-state index contributed by atoms with van der Waals surface area (Å²) in [6.07, 6.45) is 2.73. The molecule has 1 aromatic heterocycles. The molecule has 0 spiro atoms. The van der Waals surface area contributed by atoms with E-state index in [1.165, 1.54) is 22.3 Å². The van der Waals surface area contributed by atoms with Crippen LogP contribution in [0.3, 0.4) is 0 Å². The summed E-state index contributed by atoms with van der Waals surface area (Å²) >= 11 is 6.18. The molecule has 0 aliphatic carbocycles. The second-order valence-electron chi connectivity index (χ2n) is 5.33. The average Bonchev–Trinajstić information content (AvgIpc) is 2.82. The van der Waals surface area contributed by atoms with Crippen molar-refractivity contribution in [1.29, 1.82) is 0 Å². The van der Waals surface area contributed by atoms with Crippen LogP contribution < -0.4 is 5.32 Å². The largest absolute Gasteiger partial charge is 0.453 e.